The van der Waals surface area contributed by atoms with Gasteiger partial charge in [-0.05, 0) is 6.42 Å². The van der Waals surface area contributed by atoms with Gasteiger partial charge in [-0.1, -0.05) is 59.4 Å². The van der Waals surface area contributed by atoms with Gasteiger partial charge in [-0.25, -0.2) is 0 Å². The van der Waals surface area contributed by atoms with E-state index in [1.165, 1.54) is 0 Å². The van der Waals surface area contributed by atoms with Crippen molar-refractivity contribution in [2.75, 3.05) is 0 Å². The van der Waals surface area contributed by atoms with Gasteiger partial charge >= 0.3 is 0 Å². The summed E-state index contributed by atoms with van der Waals surface area (Å²) in [5, 5.41) is 0.594. The van der Waals surface area contributed by atoms with E-state index in [-0.39, 0.29) is 9.52 Å². The average Bonchev–Trinajstić information content (AvgIpc) is 1.87. The highest BCUT2D eigenvalue weighted by molar-refractivity contribution is 6.61. The Morgan fingerprint density at radius 3 is 2.00 bits per heavy atom. The van der Waals surface area contributed by atoms with E-state index >= 15 is 0 Å². The van der Waals surface area contributed by atoms with Gasteiger partial charge in [0.2, 0.25) is 0 Å². The van der Waals surface area contributed by atoms with Gasteiger partial charge in [0.1, 0.15) is 4.49 Å². The predicted octanol–water partition coefficient (Wildman–Crippen LogP) is 4.40. The molecule has 0 aromatic carbocycles. The van der Waals surface area contributed by atoms with Crippen molar-refractivity contribution in [3.63, 3.8) is 0 Å². The summed E-state index contributed by atoms with van der Waals surface area (Å²) in [6.45, 7) is 1.94. The van der Waals surface area contributed by atoms with E-state index in [0.29, 0.717) is 5.03 Å². The minimum Gasteiger partial charge on any atom is -0.0830 e. The molecule has 0 rings (SSSR count). The summed E-state index contributed by atoms with van der Waals surface area (Å²) in [6, 6.07) is 0. The van der Waals surface area contributed by atoms with Gasteiger partial charge in [-0.2, -0.15) is 0 Å². The maximum atomic E-state index is 5.63. The third kappa shape index (κ3) is 3.72. The Hall–Kier alpha value is 0.640. The fourth-order valence-corrected chi connectivity index (χ4v) is 0.985. The van der Waals surface area contributed by atoms with Crippen LogP contribution in [0.1, 0.15) is 13.3 Å². The zero-order chi connectivity index (χ0) is 8.15. The van der Waals surface area contributed by atoms with Crippen LogP contribution in [-0.2, 0) is 0 Å². The van der Waals surface area contributed by atoms with Crippen molar-refractivity contribution in [3.05, 3.63) is 20.6 Å². The lowest BCUT2D eigenvalue weighted by Gasteiger charge is -1.94. The Bertz CT molecular complexity index is 165. The minimum absolute atomic E-state index is 0.00336. The van der Waals surface area contributed by atoms with Crippen LogP contribution in [0.4, 0.5) is 0 Å². The highest BCUT2D eigenvalue weighted by Gasteiger charge is 2.01. The second-order valence-electron chi connectivity index (χ2n) is 1.53. The molecule has 0 spiro atoms. The summed E-state index contributed by atoms with van der Waals surface area (Å²) in [5.74, 6) is 0. The maximum Gasteiger partial charge on any atom is 0.126 e. The molecule has 0 fully saturated rings. The molecular formula is C6H6Cl4. The van der Waals surface area contributed by atoms with Crippen LogP contribution < -0.4 is 0 Å². The van der Waals surface area contributed by atoms with Crippen molar-refractivity contribution in [3.8, 4) is 0 Å². The molecule has 0 aliphatic carbocycles. The van der Waals surface area contributed by atoms with E-state index in [9.17, 15) is 0 Å². The van der Waals surface area contributed by atoms with Crippen LogP contribution in [-0.4, -0.2) is 0 Å². The highest BCUT2D eigenvalue weighted by Crippen LogP contribution is 2.27. The summed E-state index contributed by atoms with van der Waals surface area (Å²) in [4.78, 5) is 0. The summed E-state index contributed by atoms with van der Waals surface area (Å²) in [7, 11) is 0. The van der Waals surface area contributed by atoms with Gasteiger partial charge in [0.15, 0.2) is 0 Å². The molecule has 0 amide bonds. The number of halogens is 4. The molecule has 0 saturated carbocycles. The third-order valence-corrected chi connectivity index (χ3v) is 2.16. The van der Waals surface area contributed by atoms with E-state index in [4.69, 9.17) is 46.4 Å². The predicted molar refractivity (Wildman–Crippen MR) is 48.8 cm³/mol. The van der Waals surface area contributed by atoms with Crippen molar-refractivity contribution < 1.29 is 0 Å². The molecule has 4 heteroatoms. The Morgan fingerprint density at radius 1 is 1.20 bits per heavy atom. The molecular weight excluding hydrogens is 214 g/mol. The Balaban J connectivity index is 4.36. The first kappa shape index (κ1) is 10.6. The largest absolute Gasteiger partial charge is 0.126 e. The highest BCUT2D eigenvalue weighted by atomic mass is 35.5. The van der Waals surface area contributed by atoms with E-state index in [0.717, 1.165) is 6.42 Å². The van der Waals surface area contributed by atoms with Crippen LogP contribution in [0.5, 0.6) is 0 Å². The number of allylic oxidation sites excluding steroid dienone is 3. The molecule has 0 saturated heterocycles. The van der Waals surface area contributed by atoms with Gasteiger partial charge in [-0.15, -0.1) is 0 Å². The zero-order valence-electron chi connectivity index (χ0n) is 5.30. The first-order valence-corrected chi connectivity index (χ1v) is 4.17. The smallest absolute Gasteiger partial charge is 0.0830 e. The Morgan fingerprint density at radius 2 is 1.70 bits per heavy atom. The molecule has 0 nitrogen and oxygen atoms in total. The van der Waals surface area contributed by atoms with Crippen molar-refractivity contribution >= 4 is 46.4 Å². The molecule has 58 valence electrons. The van der Waals surface area contributed by atoms with Crippen LogP contribution in [0.15, 0.2) is 20.6 Å². The lowest BCUT2D eigenvalue weighted by molar-refractivity contribution is 1.22. The minimum atomic E-state index is -0.00336. The van der Waals surface area contributed by atoms with Crippen molar-refractivity contribution in [1.82, 2.24) is 0 Å². The molecule has 0 aliphatic rings. The lowest BCUT2D eigenvalue weighted by atomic mass is 10.4. The normalized spacial score (nSPS) is 11.5. The SMILES string of the molecule is CCC=C(Cl)C(Cl)=C(Cl)Cl. The van der Waals surface area contributed by atoms with E-state index in [1.807, 2.05) is 6.92 Å². The van der Waals surface area contributed by atoms with Gasteiger partial charge in [0, 0.05) is 0 Å². The second-order valence-corrected chi connectivity index (χ2v) is 3.27. The van der Waals surface area contributed by atoms with E-state index < -0.39 is 0 Å². The Labute approximate surface area is 80.4 Å². The standard InChI is InChI=1S/C6H6Cl4/c1-2-3-4(7)5(8)6(9)10/h3H,2H2,1H3. The third-order valence-electron chi connectivity index (χ3n) is 0.759. The molecule has 0 radical (unpaired) electrons. The van der Waals surface area contributed by atoms with Crippen LogP contribution >= 0.6 is 46.4 Å². The monoisotopic (exact) mass is 218 g/mol. The van der Waals surface area contributed by atoms with Crippen molar-refractivity contribution in [2.45, 2.75) is 13.3 Å². The fourth-order valence-electron chi connectivity index (χ4n) is 0.359. The van der Waals surface area contributed by atoms with Crippen LogP contribution in [0.3, 0.4) is 0 Å². The van der Waals surface area contributed by atoms with Gasteiger partial charge in [0.25, 0.3) is 0 Å². The molecule has 0 N–H and O–H groups in total. The first-order valence-electron chi connectivity index (χ1n) is 2.66. The van der Waals surface area contributed by atoms with Gasteiger partial charge < -0.3 is 0 Å². The number of rotatable bonds is 2. The van der Waals surface area contributed by atoms with E-state index in [1.54, 1.807) is 6.08 Å². The molecule has 10 heavy (non-hydrogen) atoms. The molecule has 0 aromatic rings. The second kappa shape index (κ2) is 5.31. The topological polar surface area (TPSA) is 0 Å². The molecule has 0 aromatic heterocycles. The van der Waals surface area contributed by atoms with Crippen molar-refractivity contribution in [1.29, 1.82) is 0 Å². The first-order chi connectivity index (χ1) is 4.59. The average molecular weight is 220 g/mol. The molecule has 0 bridgehead atoms. The van der Waals surface area contributed by atoms with Crippen LogP contribution in [0.25, 0.3) is 0 Å². The van der Waals surface area contributed by atoms with Crippen LogP contribution in [0.2, 0.25) is 0 Å². The van der Waals surface area contributed by atoms with Crippen LogP contribution in [0, 0.1) is 0 Å². The summed E-state index contributed by atoms with van der Waals surface area (Å²) in [6.07, 6.45) is 2.53. The summed E-state index contributed by atoms with van der Waals surface area (Å²) >= 11 is 21.9. The molecule has 0 atom stereocenters. The fraction of sp³-hybridized carbons (Fsp3) is 0.333. The summed E-state index contributed by atoms with van der Waals surface area (Å²) < 4.78 is -0.00336. The number of hydrogen-bond donors (Lipinski definition) is 0. The molecule has 0 heterocycles. The van der Waals surface area contributed by atoms with Gasteiger partial charge in [0.05, 0.1) is 10.1 Å². The summed E-state index contributed by atoms with van der Waals surface area (Å²) in [5.41, 5.74) is 0. The molecule has 0 unspecified atom stereocenters. The van der Waals surface area contributed by atoms with E-state index in [2.05, 4.69) is 0 Å². The maximum absolute atomic E-state index is 5.63. The number of hydrogen-bond acceptors (Lipinski definition) is 0. The quantitative estimate of drug-likeness (QED) is 0.604. The molecule has 0 aliphatic heterocycles. The van der Waals surface area contributed by atoms with Gasteiger partial charge in [-0.3, -0.25) is 0 Å². The lowest BCUT2D eigenvalue weighted by Crippen LogP contribution is -1.72. The zero-order valence-corrected chi connectivity index (χ0v) is 8.32. The van der Waals surface area contributed by atoms with Crippen molar-refractivity contribution in [2.24, 2.45) is 0 Å². The Kier molecular flexibility index (Phi) is 5.65.